The zero-order chi connectivity index (χ0) is 10.1. The van der Waals surface area contributed by atoms with Gasteiger partial charge in [-0.3, -0.25) is 0 Å². The van der Waals surface area contributed by atoms with Crippen molar-refractivity contribution in [2.45, 2.75) is 24.9 Å². The van der Waals surface area contributed by atoms with Gasteiger partial charge in [0.2, 0.25) is 0 Å². The van der Waals surface area contributed by atoms with Crippen LogP contribution in [-0.4, -0.2) is 47.0 Å². The number of rotatable bonds is 8. The van der Waals surface area contributed by atoms with Crippen molar-refractivity contribution in [2.24, 2.45) is 11.5 Å². The van der Waals surface area contributed by atoms with Gasteiger partial charge in [-0.15, -0.1) is 0 Å². The van der Waals surface area contributed by atoms with Gasteiger partial charge in [0.1, 0.15) is 0 Å². The molecule has 2 unspecified atom stereocenters. The van der Waals surface area contributed by atoms with E-state index in [4.69, 9.17) is 21.7 Å². The van der Waals surface area contributed by atoms with Crippen LogP contribution in [0.5, 0.6) is 0 Å². The molecule has 0 fully saturated rings. The molecule has 0 spiro atoms. The minimum atomic E-state index is 0.0522. The summed E-state index contributed by atoms with van der Waals surface area (Å²) >= 11 is 1.68. The van der Waals surface area contributed by atoms with Crippen molar-refractivity contribution in [2.75, 3.05) is 24.7 Å². The highest BCUT2D eigenvalue weighted by Gasteiger charge is 2.05. The molecule has 5 heteroatoms. The second-order valence-electron chi connectivity index (χ2n) is 3.08. The Kier molecular flexibility index (Phi) is 8.90. The lowest BCUT2D eigenvalue weighted by atomic mass is 10.3. The molecule has 0 rings (SSSR count). The molecule has 0 aliphatic carbocycles. The zero-order valence-electron chi connectivity index (χ0n) is 7.85. The molecule has 0 saturated heterocycles. The van der Waals surface area contributed by atoms with Crippen LogP contribution in [0, 0.1) is 0 Å². The molecule has 0 radical (unpaired) electrons. The summed E-state index contributed by atoms with van der Waals surface area (Å²) in [6, 6.07) is 0.104. The van der Waals surface area contributed by atoms with E-state index in [1.54, 1.807) is 11.8 Å². The lowest BCUT2D eigenvalue weighted by Crippen LogP contribution is -2.28. The Bertz CT molecular complexity index is 104. The maximum absolute atomic E-state index is 8.58. The largest absolute Gasteiger partial charge is 0.396 e. The van der Waals surface area contributed by atoms with Crippen LogP contribution in [-0.2, 0) is 0 Å². The molecule has 6 N–H and O–H groups in total. The van der Waals surface area contributed by atoms with Gasteiger partial charge < -0.3 is 21.7 Å². The number of nitrogens with two attached hydrogens (primary N) is 2. The summed E-state index contributed by atoms with van der Waals surface area (Å²) in [7, 11) is 0. The third kappa shape index (κ3) is 8.52. The van der Waals surface area contributed by atoms with Crippen molar-refractivity contribution in [3.63, 3.8) is 0 Å². The van der Waals surface area contributed by atoms with Crippen LogP contribution in [0.15, 0.2) is 0 Å². The van der Waals surface area contributed by atoms with Crippen molar-refractivity contribution in [1.82, 2.24) is 0 Å². The Morgan fingerprint density at radius 3 is 1.62 bits per heavy atom. The first-order valence-electron chi connectivity index (χ1n) is 4.51. The van der Waals surface area contributed by atoms with E-state index in [-0.39, 0.29) is 25.3 Å². The number of aliphatic hydroxyl groups is 2. The second kappa shape index (κ2) is 8.77. The van der Waals surface area contributed by atoms with Gasteiger partial charge in [0.05, 0.1) is 0 Å². The van der Waals surface area contributed by atoms with E-state index in [0.29, 0.717) is 12.8 Å². The van der Waals surface area contributed by atoms with Gasteiger partial charge in [-0.2, -0.15) is 11.8 Å². The van der Waals surface area contributed by atoms with Gasteiger partial charge in [-0.25, -0.2) is 0 Å². The maximum atomic E-state index is 8.58. The van der Waals surface area contributed by atoms with Gasteiger partial charge >= 0.3 is 0 Å². The molecule has 0 bridgehead atoms. The Morgan fingerprint density at radius 2 is 1.31 bits per heavy atom. The minimum absolute atomic E-state index is 0.0522. The molecule has 0 aliphatic rings. The first-order valence-corrected chi connectivity index (χ1v) is 5.66. The molecular weight excluding hydrogens is 188 g/mol. The normalized spacial score (nSPS) is 15.7. The average Bonchev–Trinajstić information content (AvgIpc) is 2.05. The fourth-order valence-electron chi connectivity index (χ4n) is 0.869. The van der Waals surface area contributed by atoms with Crippen LogP contribution in [0.4, 0.5) is 0 Å². The van der Waals surface area contributed by atoms with Gasteiger partial charge in [0.15, 0.2) is 0 Å². The highest BCUT2D eigenvalue weighted by atomic mass is 32.2. The highest BCUT2D eigenvalue weighted by molar-refractivity contribution is 7.99. The van der Waals surface area contributed by atoms with Crippen molar-refractivity contribution < 1.29 is 10.2 Å². The van der Waals surface area contributed by atoms with Gasteiger partial charge in [0.25, 0.3) is 0 Å². The quantitative estimate of drug-likeness (QED) is 0.416. The fourth-order valence-corrected chi connectivity index (χ4v) is 1.94. The van der Waals surface area contributed by atoms with Crippen LogP contribution in [0.3, 0.4) is 0 Å². The van der Waals surface area contributed by atoms with E-state index in [1.807, 2.05) is 0 Å². The van der Waals surface area contributed by atoms with Crippen molar-refractivity contribution in [3.05, 3.63) is 0 Å². The molecule has 0 aromatic carbocycles. The first-order chi connectivity index (χ1) is 6.20. The summed E-state index contributed by atoms with van der Waals surface area (Å²) in [6.45, 7) is 0.287. The highest BCUT2D eigenvalue weighted by Crippen LogP contribution is 2.06. The van der Waals surface area contributed by atoms with E-state index in [9.17, 15) is 0 Å². The molecule has 4 nitrogen and oxygen atoms in total. The van der Waals surface area contributed by atoms with E-state index in [2.05, 4.69) is 0 Å². The van der Waals surface area contributed by atoms with E-state index in [0.717, 1.165) is 11.5 Å². The monoisotopic (exact) mass is 208 g/mol. The van der Waals surface area contributed by atoms with E-state index in [1.165, 1.54) is 0 Å². The molecule has 0 aliphatic heterocycles. The summed E-state index contributed by atoms with van der Waals surface area (Å²) in [5.41, 5.74) is 11.3. The summed E-state index contributed by atoms with van der Waals surface area (Å²) in [5, 5.41) is 17.2. The average molecular weight is 208 g/mol. The second-order valence-corrected chi connectivity index (χ2v) is 4.16. The minimum Gasteiger partial charge on any atom is -0.396 e. The third-order valence-corrected chi connectivity index (χ3v) is 2.99. The number of aliphatic hydroxyl groups excluding tert-OH is 2. The van der Waals surface area contributed by atoms with Gasteiger partial charge in [-0.05, 0) is 12.8 Å². The maximum Gasteiger partial charge on any atom is 0.0446 e. The van der Waals surface area contributed by atoms with E-state index < -0.39 is 0 Å². The Morgan fingerprint density at radius 1 is 0.923 bits per heavy atom. The van der Waals surface area contributed by atoms with Gasteiger partial charge in [0, 0.05) is 36.8 Å². The molecule has 0 saturated carbocycles. The number of thioether (sulfide) groups is 1. The van der Waals surface area contributed by atoms with Crippen LogP contribution in [0.2, 0.25) is 0 Å². The molecule has 0 aromatic heterocycles. The molecule has 0 aromatic rings. The molecule has 2 atom stereocenters. The topological polar surface area (TPSA) is 92.5 Å². The summed E-state index contributed by atoms with van der Waals surface area (Å²) in [4.78, 5) is 0. The smallest absolute Gasteiger partial charge is 0.0446 e. The predicted octanol–water partition coefficient (Wildman–Crippen LogP) is -0.861. The molecule has 0 heterocycles. The van der Waals surface area contributed by atoms with Crippen molar-refractivity contribution in [3.8, 4) is 0 Å². The number of hydrogen-bond acceptors (Lipinski definition) is 5. The molecule has 80 valence electrons. The summed E-state index contributed by atoms with van der Waals surface area (Å²) in [5.74, 6) is 1.64. The lowest BCUT2D eigenvalue weighted by molar-refractivity contribution is 0.279. The van der Waals surface area contributed by atoms with Crippen molar-refractivity contribution in [1.29, 1.82) is 0 Å². The standard InChI is InChI=1S/C8H20N2O2S/c9-7(1-3-11)5-13-6-8(10)2-4-12/h7-8,11-12H,1-6,9-10H2. The summed E-state index contributed by atoms with van der Waals surface area (Å²) < 4.78 is 0. The summed E-state index contributed by atoms with van der Waals surface area (Å²) in [6.07, 6.45) is 1.28. The van der Waals surface area contributed by atoms with Crippen LogP contribution in [0.25, 0.3) is 0 Å². The third-order valence-electron chi connectivity index (χ3n) is 1.66. The molecule has 0 amide bonds. The van der Waals surface area contributed by atoms with E-state index >= 15 is 0 Å². The van der Waals surface area contributed by atoms with Crippen LogP contribution < -0.4 is 11.5 Å². The van der Waals surface area contributed by atoms with Gasteiger partial charge in [-0.1, -0.05) is 0 Å². The van der Waals surface area contributed by atoms with Crippen molar-refractivity contribution >= 4 is 11.8 Å². The first kappa shape index (κ1) is 13.2. The van der Waals surface area contributed by atoms with Crippen LogP contribution >= 0.6 is 11.8 Å². The fraction of sp³-hybridized carbons (Fsp3) is 1.00. The Labute approximate surface area is 83.7 Å². The SMILES string of the molecule is NC(CCO)CSCC(N)CCO. The van der Waals surface area contributed by atoms with Crippen LogP contribution in [0.1, 0.15) is 12.8 Å². The Hall–Kier alpha value is 0.190. The Balaban J connectivity index is 3.23. The number of hydrogen-bond donors (Lipinski definition) is 4. The lowest BCUT2D eigenvalue weighted by Gasteiger charge is -2.12. The predicted molar refractivity (Wildman–Crippen MR) is 56.7 cm³/mol. The zero-order valence-corrected chi connectivity index (χ0v) is 8.67. The molecular formula is C8H20N2O2S. The molecule has 13 heavy (non-hydrogen) atoms.